The van der Waals surface area contributed by atoms with E-state index in [-0.39, 0.29) is 16.3 Å². The summed E-state index contributed by atoms with van der Waals surface area (Å²) >= 11 is 0. The zero-order chi connectivity index (χ0) is 25.4. The molecule has 12 heteroatoms. The lowest BCUT2D eigenvalue weighted by Gasteiger charge is -2.17. The highest BCUT2D eigenvalue weighted by Gasteiger charge is 2.38. The molecule has 34 heavy (non-hydrogen) atoms. The molecular weight excluding hydrogens is 476 g/mol. The van der Waals surface area contributed by atoms with Crippen molar-refractivity contribution in [1.29, 1.82) is 4.78 Å². The van der Waals surface area contributed by atoms with Gasteiger partial charge in [-0.15, -0.1) is 10.2 Å². The van der Waals surface area contributed by atoms with Crippen LogP contribution in [-0.4, -0.2) is 26.6 Å². The van der Waals surface area contributed by atoms with Crippen molar-refractivity contribution in [3.05, 3.63) is 70.2 Å². The maximum absolute atomic E-state index is 14.5. The monoisotopic (exact) mass is 496 g/mol. The van der Waals surface area contributed by atoms with Crippen LogP contribution in [0.2, 0.25) is 0 Å². The molecule has 0 aliphatic heterocycles. The van der Waals surface area contributed by atoms with Crippen LogP contribution < -0.4 is 10.1 Å². The van der Waals surface area contributed by atoms with E-state index in [1.165, 1.54) is 43.5 Å². The van der Waals surface area contributed by atoms with E-state index in [0.29, 0.717) is 11.1 Å². The van der Waals surface area contributed by atoms with Gasteiger partial charge in [0.1, 0.15) is 5.56 Å². The van der Waals surface area contributed by atoms with E-state index in [0.717, 1.165) is 6.92 Å². The number of alkyl halides is 3. The molecule has 1 amide bonds. The number of nitrogens with zero attached hydrogens (tertiary/aromatic N) is 2. The summed E-state index contributed by atoms with van der Waals surface area (Å²) in [4.78, 5) is 13.2. The topological polar surface area (TPSA) is 105 Å². The lowest BCUT2D eigenvalue weighted by Crippen LogP contribution is -2.21. The van der Waals surface area contributed by atoms with Crippen molar-refractivity contribution in [2.45, 2.75) is 31.8 Å². The number of hydrogen-bond acceptors (Lipinski definition) is 6. The minimum Gasteiger partial charge on any atom is -0.433 e. The number of halogens is 4. The number of carbonyl (C=O) groups excluding carboxylic acids is 1. The molecule has 3 aromatic rings. The summed E-state index contributed by atoms with van der Waals surface area (Å²) in [6.45, 7) is 4.21. The van der Waals surface area contributed by atoms with Gasteiger partial charge < -0.3 is 10.1 Å². The molecule has 180 valence electrons. The number of hydrogen-bond donors (Lipinski definition) is 2. The molecule has 7 nitrogen and oxygen atoms in total. The molecule has 0 aliphatic carbocycles. The van der Waals surface area contributed by atoms with E-state index >= 15 is 0 Å². The highest BCUT2D eigenvalue weighted by atomic mass is 32.2. The predicted octanol–water partition coefficient (Wildman–Crippen LogP) is 5.64. The van der Waals surface area contributed by atoms with Gasteiger partial charge in [-0.3, -0.25) is 4.79 Å². The smallest absolute Gasteiger partial charge is 0.433 e. The van der Waals surface area contributed by atoms with Crippen LogP contribution in [0.4, 0.5) is 23.2 Å². The summed E-state index contributed by atoms with van der Waals surface area (Å²) in [7, 11) is -3.11. The van der Waals surface area contributed by atoms with Crippen LogP contribution in [0.25, 0.3) is 0 Å². The first-order valence-electron chi connectivity index (χ1n) is 9.72. The number of amides is 1. The van der Waals surface area contributed by atoms with Gasteiger partial charge in [0.2, 0.25) is 0 Å². The first-order valence-corrected chi connectivity index (χ1v) is 11.7. The fourth-order valence-electron chi connectivity index (χ4n) is 3.25. The molecule has 1 heterocycles. The molecule has 0 saturated carbocycles. The summed E-state index contributed by atoms with van der Waals surface area (Å²) in [6.07, 6.45) is -3.72. The molecule has 1 aromatic heterocycles. The molecule has 0 fully saturated rings. The quantitative estimate of drug-likeness (QED) is 0.445. The maximum atomic E-state index is 14.5. The highest BCUT2D eigenvalue weighted by Crippen LogP contribution is 2.36. The largest absolute Gasteiger partial charge is 0.435 e. The van der Waals surface area contributed by atoms with E-state index in [9.17, 15) is 26.6 Å². The number of aromatic nitrogens is 2. The fourth-order valence-corrected chi connectivity index (χ4v) is 3.94. The van der Waals surface area contributed by atoms with Crippen LogP contribution in [0.3, 0.4) is 0 Å². The third kappa shape index (κ3) is 5.33. The van der Waals surface area contributed by atoms with E-state index in [2.05, 4.69) is 15.5 Å². The third-order valence-electron chi connectivity index (χ3n) is 4.79. The SMILES string of the molecule is Cc1cc(C)c(Oc2nnc(C(F)(F)F)c(C)c2C(=O)Nc2cccc(S(C)(=N)=O)c2)c(F)c1. The summed E-state index contributed by atoms with van der Waals surface area (Å²) in [6, 6.07) is 8.29. The molecule has 1 unspecified atom stereocenters. The minimum atomic E-state index is -4.91. The third-order valence-corrected chi connectivity index (χ3v) is 5.95. The van der Waals surface area contributed by atoms with Crippen LogP contribution in [0.5, 0.6) is 11.6 Å². The first kappa shape index (κ1) is 25.1. The van der Waals surface area contributed by atoms with Crippen LogP contribution in [0.15, 0.2) is 41.3 Å². The number of nitrogens with one attached hydrogen (secondary N) is 2. The summed E-state index contributed by atoms with van der Waals surface area (Å²) in [5.41, 5.74) is -1.56. The molecule has 0 bridgehead atoms. The van der Waals surface area contributed by atoms with Gasteiger partial charge >= 0.3 is 6.18 Å². The van der Waals surface area contributed by atoms with E-state index in [4.69, 9.17) is 9.52 Å². The van der Waals surface area contributed by atoms with Crippen molar-refractivity contribution in [1.82, 2.24) is 10.2 Å². The summed E-state index contributed by atoms with van der Waals surface area (Å²) < 4.78 is 80.0. The standard InChI is InChI=1S/C22H20F4N4O3S/c1-11-8-12(2)18(16(23)9-11)33-21-17(13(3)19(29-30-21)22(24,25)26)20(31)28-14-6-5-7-15(10-14)34(4,27)32/h5-10,27H,1-4H3,(H,28,31). The number of ether oxygens (including phenoxy) is 1. The fraction of sp³-hybridized carbons (Fsp3) is 0.227. The Labute approximate surface area is 193 Å². The van der Waals surface area contributed by atoms with Gasteiger partial charge in [-0.2, -0.15) is 13.2 Å². The Morgan fingerprint density at radius 2 is 1.79 bits per heavy atom. The van der Waals surface area contributed by atoms with Crippen LogP contribution in [-0.2, 0) is 15.9 Å². The van der Waals surface area contributed by atoms with Gasteiger partial charge in [0.05, 0.1) is 9.73 Å². The second-order valence-corrected chi connectivity index (χ2v) is 9.83. The Balaban J connectivity index is 2.11. The van der Waals surface area contributed by atoms with E-state index < -0.39 is 50.3 Å². The van der Waals surface area contributed by atoms with Crippen molar-refractivity contribution in [3.8, 4) is 11.6 Å². The average molecular weight is 496 g/mol. The second kappa shape index (κ2) is 9.01. The van der Waals surface area contributed by atoms with Crippen molar-refractivity contribution in [3.63, 3.8) is 0 Å². The Morgan fingerprint density at radius 3 is 2.38 bits per heavy atom. The van der Waals surface area contributed by atoms with Crippen molar-refractivity contribution >= 4 is 21.3 Å². The number of rotatable bonds is 5. The van der Waals surface area contributed by atoms with Gasteiger partial charge in [-0.1, -0.05) is 12.1 Å². The predicted molar refractivity (Wildman–Crippen MR) is 117 cm³/mol. The molecule has 3 rings (SSSR count). The molecule has 1 atom stereocenters. The van der Waals surface area contributed by atoms with Gasteiger partial charge in [0.25, 0.3) is 11.8 Å². The van der Waals surface area contributed by atoms with Crippen molar-refractivity contribution < 1.29 is 31.3 Å². The molecule has 0 saturated heterocycles. The lowest BCUT2D eigenvalue weighted by molar-refractivity contribution is -0.142. The average Bonchev–Trinajstić information content (AvgIpc) is 2.69. The minimum absolute atomic E-state index is 0.0812. The Bertz CT molecular complexity index is 1370. The van der Waals surface area contributed by atoms with Gasteiger partial charge in [-0.25, -0.2) is 13.4 Å². The number of benzene rings is 2. The summed E-state index contributed by atoms with van der Waals surface area (Å²) in [5, 5.41) is 8.98. The lowest BCUT2D eigenvalue weighted by atomic mass is 10.1. The Hall–Kier alpha value is -3.54. The van der Waals surface area contributed by atoms with Crippen LogP contribution >= 0.6 is 0 Å². The van der Waals surface area contributed by atoms with Gasteiger partial charge in [0.15, 0.2) is 17.3 Å². The van der Waals surface area contributed by atoms with Crippen molar-refractivity contribution in [2.75, 3.05) is 11.6 Å². The Morgan fingerprint density at radius 1 is 1.12 bits per heavy atom. The summed E-state index contributed by atoms with van der Waals surface area (Å²) in [5.74, 6) is -2.76. The maximum Gasteiger partial charge on any atom is 0.435 e. The second-order valence-electron chi connectivity index (χ2n) is 7.67. The van der Waals surface area contributed by atoms with Crippen LogP contribution in [0, 0.1) is 31.4 Å². The normalized spacial score (nSPS) is 13.3. The highest BCUT2D eigenvalue weighted by molar-refractivity contribution is 7.91. The number of aryl methyl sites for hydroxylation is 2. The van der Waals surface area contributed by atoms with E-state index in [1.54, 1.807) is 13.0 Å². The molecular formula is C22H20F4N4O3S. The molecule has 0 radical (unpaired) electrons. The van der Waals surface area contributed by atoms with Crippen molar-refractivity contribution in [2.24, 2.45) is 0 Å². The van der Waals surface area contributed by atoms with Crippen LogP contribution in [0.1, 0.15) is 32.7 Å². The Kier molecular flexibility index (Phi) is 6.65. The number of carbonyl (C=O) groups is 1. The zero-order valence-corrected chi connectivity index (χ0v) is 19.3. The molecule has 2 N–H and O–H groups in total. The molecule has 0 aliphatic rings. The molecule has 0 spiro atoms. The first-order chi connectivity index (χ1) is 15.7. The van der Waals surface area contributed by atoms with E-state index in [1.807, 2.05) is 0 Å². The number of anilines is 1. The van der Waals surface area contributed by atoms with Gasteiger partial charge in [-0.05, 0) is 61.7 Å². The zero-order valence-electron chi connectivity index (χ0n) is 18.5. The van der Waals surface area contributed by atoms with Gasteiger partial charge in [0, 0.05) is 16.8 Å². The molecule has 2 aromatic carbocycles.